The number of benzene rings is 2. The molecule has 0 saturated carbocycles. The van der Waals surface area contributed by atoms with Crippen molar-refractivity contribution >= 4 is 11.8 Å². The summed E-state index contributed by atoms with van der Waals surface area (Å²) < 4.78 is 0. The SMILES string of the molecule is CCCCc1ccc(CC(=O)c2ccccc2C(=O)O)c(C)c1. The van der Waals surface area contributed by atoms with Crippen molar-refractivity contribution in [2.75, 3.05) is 0 Å². The highest BCUT2D eigenvalue weighted by atomic mass is 16.4. The molecule has 3 nitrogen and oxygen atoms in total. The van der Waals surface area contributed by atoms with Gasteiger partial charge < -0.3 is 5.11 Å². The van der Waals surface area contributed by atoms with Crippen molar-refractivity contribution < 1.29 is 14.7 Å². The van der Waals surface area contributed by atoms with Gasteiger partial charge >= 0.3 is 5.97 Å². The molecule has 2 aromatic carbocycles. The summed E-state index contributed by atoms with van der Waals surface area (Å²) in [5, 5.41) is 9.20. The van der Waals surface area contributed by atoms with Crippen molar-refractivity contribution in [3.8, 4) is 0 Å². The molecule has 23 heavy (non-hydrogen) atoms. The van der Waals surface area contributed by atoms with Crippen LogP contribution in [0.2, 0.25) is 0 Å². The molecule has 0 aliphatic rings. The maximum absolute atomic E-state index is 12.5. The Morgan fingerprint density at radius 2 is 1.74 bits per heavy atom. The molecule has 0 atom stereocenters. The first-order valence-corrected chi connectivity index (χ1v) is 7.97. The first-order valence-electron chi connectivity index (χ1n) is 7.97. The molecule has 0 spiro atoms. The van der Waals surface area contributed by atoms with E-state index in [1.807, 2.05) is 13.0 Å². The molecule has 0 saturated heterocycles. The third-order valence-corrected chi connectivity index (χ3v) is 4.03. The summed E-state index contributed by atoms with van der Waals surface area (Å²) in [5.41, 5.74) is 3.66. The van der Waals surface area contributed by atoms with Crippen LogP contribution in [-0.4, -0.2) is 16.9 Å². The zero-order valence-electron chi connectivity index (χ0n) is 13.6. The molecule has 0 fully saturated rings. The van der Waals surface area contributed by atoms with Gasteiger partial charge in [0, 0.05) is 12.0 Å². The number of carboxylic acids is 1. The van der Waals surface area contributed by atoms with E-state index in [0.717, 1.165) is 30.4 Å². The number of hydrogen-bond acceptors (Lipinski definition) is 2. The summed E-state index contributed by atoms with van der Waals surface area (Å²) in [5.74, 6) is -1.23. The van der Waals surface area contributed by atoms with E-state index >= 15 is 0 Å². The maximum atomic E-state index is 12.5. The number of rotatable bonds is 7. The summed E-state index contributed by atoms with van der Waals surface area (Å²) in [7, 11) is 0. The van der Waals surface area contributed by atoms with Crippen LogP contribution in [0.1, 0.15) is 57.2 Å². The van der Waals surface area contributed by atoms with Gasteiger partial charge in [-0.2, -0.15) is 0 Å². The number of Topliss-reactive ketones (excluding diaryl/α,β-unsaturated/α-hetero) is 1. The van der Waals surface area contributed by atoms with Crippen LogP contribution in [0.3, 0.4) is 0 Å². The zero-order valence-corrected chi connectivity index (χ0v) is 13.6. The van der Waals surface area contributed by atoms with Gasteiger partial charge in [0.05, 0.1) is 5.56 Å². The van der Waals surface area contributed by atoms with E-state index in [4.69, 9.17) is 0 Å². The monoisotopic (exact) mass is 310 g/mol. The molecule has 2 aromatic rings. The predicted octanol–water partition coefficient (Wildman–Crippen LogP) is 4.46. The maximum Gasteiger partial charge on any atom is 0.336 e. The molecular weight excluding hydrogens is 288 g/mol. The van der Waals surface area contributed by atoms with E-state index in [2.05, 4.69) is 19.1 Å². The first-order chi connectivity index (χ1) is 11.0. The fourth-order valence-electron chi connectivity index (χ4n) is 2.67. The van der Waals surface area contributed by atoms with Crippen LogP contribution in [0.25, 0.3) is 0 Å². The number of unbranched alkanes of at least 4 members (excludes halogenated alkanes) is 1. The van der Waals surface area contributed by atoms with E-state index in [-0.39, 0.29) is 23.3 Å². The average Bonchev–Trinajstić information content (AvgIpc) is 2.55. The van der Waals surface area contributed by atoms with Gasteiger partial charge in [0.25, 0.3) is 0 Å². The van der Waals surface area contributed by atoms with Gasteiger partial charge in [-0.05, 0) is 42.5 Å². The highest BCUT2D eigenvalue weighted by molar-refractivity contribution is 6.06. The summed E-state index contributed by atoms with van der Waals surface area (Å²) in [4.78, 5) is 23.7. The Labute approximate surface area is 137 Å². The van der Waals surface area contributed by atoms with E-state index in [1.54, 1.807) is 18.2 Å². The molecule has 1 N–H and O–H groups in total. The second-order valence-corrected chi connectivity index (χ2v) is 5.82. The third kappa shape index (κ3) is 4.28. The van der Waals surface area contributed by atoms with Crippen LogP contribution < -0.4 is 0 Å². The largest absolute Gasteiger partial charge is 0.478 e. The van der Waals surface area contributed by atoms with Gasteiger partial charge in [0.1, 0.15) is 0 Å². The van der Waals surface area contributed by atoms with E-state index in [9.17, 15) is 14.7 Å². The van der Waals surface area contributed by atoms with Crippen molar-refractivity contribution in [1.82, 2.24) is 0 Å². The first kappa shape index (κ1) is 16.9. The van der Waals surface area contributed by atoms with Gasteiger partial charge in [-0.15, -0.1) is 0 Å². The number of carboxylic acid groups (broad SMARTS) is 1. The molecule has 0 radical (unpaired) electrons. The standard InChI is InChI=1S/C20H22O3/c1-3-4-7-15-10-11-16(14(2)12-15)13-19(21)17-8-5-6-9-18(17)20(22)23/h5-6,8-12H,3-4,7,13H2,1-2H3,(H,22,23). The molecular formula is C20H22O3. The number of aromatic carboxylic acids is 1. The van der Waals surface area contributed by atoms with E-state index in [0.29, 0.717) is 0 Å². The van der Waals surface area contributed by atoms with Gasteiger partial charge in [0.2, 0.25) is 0 Å². The zero-order chi connectivity index (χ0) is 16.8. The fraction of sp³-hybridized carbons (Fsp3) is 0.300. The molecule has 0 heterocycles. The van der Waals surface area contributed by atoms with Crippen LogP contribution in [-0.2, 0) is 12.8 Å². The Kier molecular flexibility index (Phi) is 5.69. The molecule has 0 aliphatic heterocycles. The second-order valence-electron chi connectivity index (χ2n) is 5.82. The smallest absolute Gasteiger partial charge is 0.336 e. The van der Waals surface area contributed by atoms with Gasteiger partial charge in [-0.1, -0.05) is 49.7 Å². The van der Waals surface area contributed by atoms with Gasteiger partial charge in [0.15, 0.2) is 5.78 Å². The molecule has 0 aromatic heterocycles. The Hall–Kier alpha value is -2.42. The molecule has 2 rings (SSSR count). The quantitative estimate of drug-likeness (QED) is 0.768. The summed E-state index contributed by atoms with van der Waals surface area (Å²) in [6.45, 7) is 4.17. The fourth-order valence-corrected chi connectivity index (χ4v) is 2.67. The molecule has 120 valence electrons. The summed E-state index contributed by atoms with van der Waals surface area (Å²) >= 11 is 0. The molecule has 0 aliphatic carbocycles. The Bertz CT molecular complexity index is 717. The lowest BCUT2D eigenvalue weighted by atomic mass is 9.94. The third-order valence-electron chi connectivity index (χ3n) is 4.03. The number of hydrogen-bond donors (Lipinski definition) is 1. The summed E-state index contributed by atoms with van der Waals surface area (Å²) in [6.07, 6.45) is 3.59. The van der Waals surface area contributed by atoms with Crippen molar-refractivity contribution in [3.05, 3.63) is 70.3 Å². The van der Waals surface area contributed by atoms with Gasteiger partial charge in [-0.25, -0.2) is 4.79 Å². The van der Waals surface area contributed by atoms with Crippen LogP contribution >= 0.6 is 0 Å². The molecule has 0 amide bonds. The second kappa shape index (κ2) is 7.73. The normalized spacial score (nSPS) is 10.5. The van der Waals surface area contributed by atoms with Crippen molar-refractivity contribution in [2.24, 2.45) is 0 Å². The minimum atomic E-state index is -1.07. The Morgan fingerprint density at radius 3 is 2.35 bits per heavy atom. The van der Waals surface area contributed by atoms with Crippen molar-refractivity contribution in [3.63, 3.8) is 0 Å². The minimum Gasteiger partial charge on any atom is -0.478 e. The topological polar surface area (TPSA) is 54.4 Å². The van der Waals surface area contributed by atoms with Crippen LogP contribution in [0.5, 0.6) is 0 Å². The van der Waals surface area contributed by atoms with Crippen LogP contribution in [0.4, 0.5) is 0 Å². The number of aryl methyl sites for hydroxylation is 2. The van der Waals surface area contributed by atoms with Crippen molar-refractivity contribution in [2.45, 2.75) is 39.5 Å². The number of carbonyl (C=O) groups is 2. The lowest BCUT2D eigenvalue weighted by Crippen LogP contribution is -2.11. The summed E-state index contributed by atoms with van der Waals surface area (Å²) in [6, 6.07) is 12.6. The number of ketones is 1. The highest BCUT2D eigenvalue weighted by Crippen LogP contribution is 2.17. The lowest BCUT2D eigenvalue weighted by molar-refractivity contribution is 0.0692. The Balaban J connectivity index is 2.19. The van der Waals surface area contributed by atoms with Crippen LogP contribution in [0, 0.1) is 6.92 Å². The minimum absolute atomic E-state index is 0.0646. The molecule has 3 heteroatoms. The average molecular weight is 310 g/mol. The molecule has 0 unspecified atom stereocenters. The van der Waals surface area contributed by atoms with E-state index in [1.165, 1.54) is 11.6 Å². The molecule has 0 bridgehead atoms. The highest BCUT2D eigenvalue weighted by Gasteiger charge is 2.16. The van der Waals surface area contributed by atoms with Crippen molar-refractivity contribution in [1.29, 1.82) is 0 Å². The lowest BCUT2D eigenvalue weighted by Gasteiger charge is -2.09. The predicted molar refractivity (Wildman–Crippen MR) is 91.2 cm³/mol. The van der Waals surface area contributed by atoms with E-state index < -0.39 is 5.97 Å². The van der Waals surface area contributed by atoms with Gasteiger partial charge in [-0.3, -0.25) is 4.79 Å². The Morgan fingerprint density at radius 1 is 1.04 bits per heavy atom. The number of carbonyl (C=O) groups excluding carboxylic acids is 1. The van der Waals surface area contributed by atoms with Crippen LogP contribution in [0.15, 0.2) is 42.5 Å².